The highest BCUT2D eigenvalue weighted by Gasteiger charge is 2.24. The zero-order chi connectivity index (χ0) is 10.6. The van der Waals surface area contributed by atoms with Crippen LogP contribution >= 0.6 is 11.6 Å². The summed E-state index contributed by atoms with van der Waals surface area (Å²) in [5.41, 5.74) is 8.88. The molecule has 1 fully saturated rings. The summed E-state index contributed by atoms with van der Waals surface area (Å²) >= 11 is 5.68. The van der Waals surface area contributed by atoms with Gasteiger partial charge >= 0.3 is 0 Å². The molecular formula is C11H21ClN2. The molecule has 0 amide bonds. The number of likely N-dealkylation sites (tertiary alicyclic amines) is 1. The van der Waals surface area contributed by atoms with Gasteiger partial charge in [-0.3, -0.25) is 4.90 Å². The quantitative estimate of drug-likeness (QED) is 0.785. The largest absolute Gasteiger partial charge is 0.327 e. The lowest BCUT2D eigenvalue weighted by atomic mass is 9.96. The Morgan fingerprint density at radius 2 is 2.36 bits per heavy atom. The standard InChI is InChI=1S/C11H21ClN2/c1-9(7-12)8-14-6-4-3-5-11(14)10(2)13/h7,10-11H,3-6,8,13H2,1-2H3. The number of hydrogen-bond donors (Lipinski definition) is 1. The van der Waals surface area contributed by atoms with E-state index in [1.165, 1.54) is 24.8 Å². The molecule has 1 heterocycles. The molecule has 1 aliphatic rings. The Bertz CT molecular complexity index is 201. The first-order valence-corrected chi connectivity index (χ1v) is 5.84. The Labute approximate surface area is 92.1 Å². The highest BCUT2D eigenvalue weighted by atomic mass is 35.5. The van der Waals surface area contributed by atoms with Crippen LogP contribution in [0.15, 0.2) is 11.1 Å². The van der Waals surface area contributed by atoms with Crippen molar-refractivity contribution in [1.29, 1.82) is 0 Å². The van der Waals surface area contributed by atoms with Crippen LogP contribution in [0.1, 0.15) is 33.1 Å². The van der Waals surface area contributed by atoms with Crippen LogP contribution in [0, 0.1) is 0 Å². The summed E-state index contributed by atoms with van der Waals surface area (Å²) in [5.74, 6) is 0. The zero-order valence-corrected chi connectivity index (χ0v) is 9.93. The second-order valence-corrected chi connectivity index (χ2v) is 4.57. The van der Waals surface area contributed by atoms with Gasteiger partial charge in [0.25, 0.3) is 0 Å². The summed E-state index contributed by atoms with van der Waals surface area (Å²) in [6, 6.07) is 0.800. The van der Waals surface area contributed by atoms with Crippen LogP contribution in [0.5, 0.6) is 0 Å². The van der Waals surface area contributed by atoms with E-state index in [0.717, 1.165) is 13.1 Å². The minimum Gasteiger partial charge on any atom is -0.327 e. The molecule has 1 saturated heterocycles. The molecule has 2 nitrogen and oxygen atoms in total. The third kappa shape index (κ3) is 3.26. The zero-order valence-electron chi connectivity index (χ0n) is 9.17. The van der Waals surface area contributed by atoms with Gasteiger partial charge in [0.1, 0.15) is 0 Å². The fourth-order valence-electron chi connectivity index (χ4n) is 2.16. The van der Waals surface area contributed by atoms with E-state index in [1.807, 2.05) is 0 Å². The molecule has 0 spiro atoms. The van der Waals surface area contributed by atoms with Gasteiger partial charge in [-0.25, -0.2) is 0 Å². The molecule has 0 aliphatic carbocycles. The summed E-state index contributed by atoms with van der Waals surface area (Å²) < 4.78 is 0. The van der Waals surface area contributed by atoms with Crippen LogP contribution in [0.4, 0.5) is 0 Å². The second-order valence-electron chi connectivity index (χ2n) is 4.35. The smallest absolute Gasteiger partial charge is 0.0247 e. The van der Waals surface area contributed by atoms with Crippen molar-refractivity contribution in [2.75, 3.05) is 13.1 Å². The summed E-state index contributed by atoms with van der Waals surface area (Å²) in [5, 5.41) is 0. The first-order valence-electron chi connectivity index (χ1n) is 5.40. The minimum absolute atomic E-state index is 0.262. The molecule has 2 atom stereocenters. The van der Waals surface area contributed by atoms with Crippen molar-refractivity contribution < 1.29 is 0 Å². The van der Waals surface area contributed by atoms with Gasteiger partial charge in [0.15, 0.2) is 0 Å². The van der Waals surface area contributed by atoms with Gasteiger partial charge in [-0.15, -0.1) is 0 Å². The first-order chi connectivity index (χ1) is 6.65. The van der Waals surface area contributed by atoms with E-state index < -0.39 is 0 Å². The van der Waals surface area contributed by atoms with Gasteiger partial charge in [-0.1, -0.05) is 18.0 Å². The van der Waals surface area contributed by atoms with Crippen LogP contribution in [0.2, 0.25) is 0 Å². The third-order valence-electron chi connectivity index (χ3n) is 2.91. The predicted octanol–water partition coefficient (Wildman–Crippen LogP) is 2.33. The summed E-state index contributed by atoms with van der Waals surface area (Å²) in [6.07, 6.45) is 3.83. The van der Waals surface area contributed by atoms with Gasteiger partial charge in [0, 0.05) is 24.2 Å². The molecule has 0 radical (unpaired) electrons. The SMILES string of the molecule is CC(=CCl)CN1CCCCC1C(C)N. The third-order valence-corrected chi connectivity index (χ3v) is 3.28. The Morgan fingerprint density at radius 1 is 1.64 bits per heavy atom. The number of halogens is 1. The molecule has 2 N–H and O–H groups in total. The molecular weight excluding hydrogens is 196 g/mol. The molecule has 0 aromatic heterocycles. The van der Waals surface area contributed by atoms with Crippen molar-refractivity contribution in [3.8, 4) is 0 Å². The Hall–Kier alpha value is -0.0500. The fraction of sp³-hybridized carbons (Fsp3) is 0.818. The maximum absolute atomic E-state index is 5.98. The highest BCUT2D eigenvalue weighted by Crippen LogP contribution is 2.20. The van der Waals surface area contributed by atoms with Gasteiger partial charge < -0.3 is 5.73 Å². The number of piperidine rings is 1. The molecule has 0 saturated carbocycles. The number of rotatable bonds is 3. The van der Waals surface area contributed by atoms with Crippen molar-refractivity contribution in [3.05, 3.63) is 11.1 Å². The lowest BCUT2D eigenvalue weighted by Gasteiger charge is -2.38. The van der Waals surface area contributed by atoms with Crippen molar-refractivity contribution in [2.24, 2.45) is 5.73 Å². The Balaban J connectivity index is 2.54. The molecule has 82 valence electrons. The lowest BCUT2D eigenvalue weighted by Crippen LogP contribution is -2.49. The minimum atomic E-state index is 0.262. The molecule has 2 unspecified atom stereocenters. The number of hydrogen-bond acceptors (Lipinski definition) is 2. The maximum Gasteiger partial charge on any atom is 0.0247 e. The van der Waals surface area contributed by atoms with E-state index >= 15 is 0 Å². The molecule has 1 aliphatic heterocycles. The van der Waals surface area contributed by atoms with E-state index in [-0.39, 0.29) is 6.04 Å². The monoisotopic (exact) mass is 216 g/mol. The molecule has 14 heavy (non-hydrogen) atoms. The van der Waals surface area contributed by atoms with E-state index in [0.29, 0.717) is 6.04 Å². The van der Waals surface area contributed by atoms with Crippen LogP contribution in [-0.2, 0) is 0 Å². The van der Waals surface area contributed by atoms with E-state index in [4.69, 9.17) is 17.3 Å². The van der Waals surface area contributed by atoms with E-state index in [1.54, 1.807) is 5.54 Å². The Morgan fingerprint density at radius 3 is 2.93 bits per heavy atom. The van der Waals surface area contributed by atoms with Gasteiger partial charge in [-0.2, -0.15) is 0 Å². The van der Waals surface area contributed by atoms with Crippen LogP contribution < -0.4 is 5.73 Å². The van der Waals surface area contributed by atoms with E-state index in [9.17, 15) is 0 Å². The number of nitrogens with two attached hydrogens (primary N) is 1. The van der Waals surface area contributed by atoms with E-state index in [2.05, 4.69) is 18.7 Å². The lowest BCUT2D eigenvalue weighted by molar-refractivity contribution is 0.143. The maximum atomic E-state index is 5.98. The van der Waals surface area contributed by atoms with Gasteiger partial charge in [-0.05, 0) is 38.8 Å². The summed E-state index contributed by atoms with van der Waals surface area (Å²) in [7, 11) is 0. The average Bonchev–Trinajstić information content (AvgIpc) is 2.18. The highest BCUT2D eigenvalue weighted by molar-refractivity contribution is 6.25. The van der Waals surface area contributed by atoms with Crippen LogP contribution in [0.25, 0.3) is 0 Å². The van der Waals surface area contributed by atoms with Crippen LogP contribution in [-0.4, -0.2) is 30.1 Å². The topological polar surface area (TPSA) is 29.3 Å². The van der Waals surface area contributed by atoms with Gasteiger partial charge in [0.2, 0.25) is 0 Å². The van der Waals surface area contributed by atoms with Crippen molar-refractivity contribution >= 4 is 11.6 Å². The normalized spacial score (nSPS) is 27.7. The molecule has 0 aromatic rings. The van der Waals surface area contributed by atoms with Crippen molar-refractivity contribution in [3.63, 3.8) is 0 Å². The fourth-order valence-corrected chi connectivity index (χ4v) is 2.23. The predicted molar refractivity (Wildman–Crippen MR) is 62.5 cm³/mol. The average molecular weight is 217 g/mol. The Kier molecular flexibility index (Phi) is 4.93. The summed E-state index contributed by atoms with van der Waals surface area (Å²) in [6.45, 7) is 6.30. The molecule has 0 bridgehead atoms. The molecule has 0 aromatic carbocycles. The molecule has 3 heteroatoms. The molecule has 1 rings (SSSR count). The van der Waals surface area contributed by atoms with Crippen molar-refractivity contribution in [1.82, 2.24) is 4.90 Å². The number of nitrogens with zero attached hydrogens (tertiary/aromatic N) is 1. The van der Waals surface area contributed by atoms with Crippen LogP contribution in [0.3, 0.4) is 0 Å². The second kappa shape index (κ2) is 5.74. The van der Waals surface area contributed by atoms with Gasteiger partial charge in [0.05, 0.1) is 0 Å². The van der Waals surface area contributed by atoms with Crippen molar-refractivity contribution in [2.45, 2.75) is 45.2 Å². The summed E-state index contributed by atoms with van der Waals surface area (Å²) in [4.78, 5) is 2.46. The first kappa shape index (κ1) is 12.0.